The van der Waals surface area contributed by atoms with E-state index in [4.69, 9.17) is 4.74 Å². The van der Waals surface area contributed by atoms with Gasteiger partial charge in [-0.15, -0.1) is 0 Å². The summed E-state index contributed by atoms with van der Waals surface area (Å²) in [6.45, 7) is 12.5. The van der Waals surface area contributed by atoms with Crippen LogP contribution >= 0.6 is 0 Å². The average molecular weight is 236 g/mol. The van der Waals surface area contributed by atoms with Crippen LogP contribution in [0, 0.1) is 11.3 Å². The van der Waals surface area contributed by atoms with Gasteiger partial charge >= 0.3 is 5.97 Å². The van der Waals surface area contributed by atoms with E-state index >= 15 is 0 Å². The Kier molecular flexibility index (Phi) is 4.55. The minimum atomic E-state index is -0.334. The van der Waals surface area contributed by atoms with E-state index in [1.54, 1.807) is 0 Å². The SMILES string of the molecule is C=C(C)[C@@H]1CC[C@@]1(CC=C(C)C)C(=O)OCC. The fourth-order valence-corrected chi connectivity index (χ4v) is 2.59. The Labute approximate surface area is 105 Å². The Bertz CT molecular complexity index is 337. The van der Waals surface area contributed by atoms with Crippen LogP contribution in [-0.2, 0) is 9.53 Å². The number of esters is 1. The second kappa shape index (κ2) is 5.52. The first kappa shape index (κ1) is 14.0. The van der Waals surface area contributed by atoms with Gasteiger partial charge in [0.15, 0.2) is 0 Å². The number of allylic oxidation sites excluding steroid dienone is 3. The van der Waals surface area contributed by atoms with Crippen molar-refractivity contribution in [2.75, 3.05) is 6.61 Å². The van der Waals surface area contributed by atoms with Crippen molar-refractivity contribution >= 4 is 5.97 Å². The maximum absolute atomic E-state index is 12.2. The molecule has 1 aliphatic carbocycles. The van der Waals surface area contributed by atoms with Crippen molar-refractivity contribution < 1.29 is 9.53 Å². The molecule has 0 aromatic heterocycles. The first-order valence-corrected chi connectivity index (χ1v) is 6.40. The van der Waals surface area contributed by atoms with Gasteiger partial charge in [0.2, 0.25) is 0 Å². The molecule has 1 fully saturated rings. The van der Waals surface area contributed by atoms with Gasteiger partial charge in [-0.05, 0) is 52.9 Å². The molecule has 0 N–H and O–H groups in total. The van der Waals surface area contributed by atoms with E-state index in [9.17, 15) is 4.79 Å². The third-order valence-corrected chi connectivity index (χ3v) is 3.70. The largest absolute Gasteiger partial charge is 0.466 e. The third kappa shape index (κ3) is 2.80. The summed E-state index contributed by atoms with van der Waals surface area (Å²) in [6, 6.07) is 0. The van der Waals surface area contributed by atoms with E-state index in [0.29, 0.717) is 6.61 Å². The third-order valence-electron chi connectivity index (χ3n) is 3.70. The van der Waals surface area contributed by atoms with Crippen LogP contribution in [0.3, 0.4) is 0 Å². The molecule has 1 aliphatic rings. The molecule has 0 amide bonds. The Balaban J connectivity index is 2.89. The molecule has 0 aliphatic heterocycles. The van der Waals surface area contributed by atoms with Crippen LogP contribution < -0.4 is 0 Å². The molecular weight excluding hydrogens is 212 g/mol. The highest BCUT2D eigenvalue weighted by Gasteiger charge is 2.53. The van der Waals surface area contributed by atoms with E-state index in [-0.39, 0.29) is 17.3 Å². The molecule has 96 valence electrons. The number of carbonyl (C=O) groups is 1. The van der Waals surface area contributed by atoms with Gasteiger partial charge in [0.25, 0.3) is 0 Å². The molecule has 0 heterocycles. The smallest absolute Gasteiger partial charge is 0.312 e. The summed E-state index contributed by atoms with van der Waals surface area (Å²) in [5.74, 6) is 0.244. The van der Waals surface area contributed by atoms with Gasteiger partial charge in [-0.25, -0.2) is 0 Å². The summed E-state index contributed by atoms with van der Waals surface area (Å²) in [5.41, 5.74) is 2.02. The molecule has 1 saturated carbocycles. The predicted octanol–water partition coefficient (Wildman–Crippen LogP) is 3.88. The molecule has 2 nitrogen and oxygen atoms in total. The zero-order valence-electron chi connectivity index (χ0n) is 11.5. The summed E-state index contributed by atoms with van der Waals surface area (Å²) in [7, 11) is 0. The molecule has 0 aromatic rings. The highest BCUT2D eigenvalue weighted by Crippen LogP contribution is 2.53. The highest BCUT2D eigenvalue weighted by atomic mass is 16.5. The molecule has 0 spiro atoms. The zero-order chi connectivity index (χ0) is 13.1. The van der Waals surface area contributed by atoms with E-state index in [1.807, 2.05) is 13.8 Å². The Morgan fingerprint density at radius 1 is 1.47 bits per heavy atom. The lowest BCUT2D eigenvalue weighted by molar-refractivity contribution is -0.165. The van der Waals surface area contributed by atoms with Crippen LogP contribution in [0.4, 0.5) is 0 Å². The van der Waals surface area contributed by atoms with Gasteiger partial charge in [0, 0.05) is 0 Å². The summed E-state index contributed by atoms with van der Waals surface area (Å²) in [4.78, 5) is 12.2. The minimum Gasteiger partial charge on any atom is -0.466 e. The van der Waals surface area contributed by atoms with Gasteiger partial charge in [-0.1, -0.05) is 23.8 Å². The van der Waals surface area contributed by atoms with E-state index in [2.05, 4.69) is 26.5 Å². The summed E-state index contributed by atoms with van der Waals surface area (Å²) in [5, 5.41) is 0. The standard InChI is InChI=1S/C15H24O2/c1-6-17-14(16)15(9-7-11(2)3)10-8-13(15)12(4)5/h7,13H,4,6,8-10H2,1-3,5H3/t13-,15+/m0/s1. The monoisotopic (exact) mass is 236 g/mol. The van der Waals surface area contributed by atoms with Crippen molar-refractivity contribution in [3.63, 3.8) is 0 Å². The van der Waals surface area contributed by atoms with Crippen LogP contribution in [0.1, 0.15) is 47.0 Å². The predicted molar refractivity (Wildman–Crippen MR) is 70.7 cm³/mol. The van der Waals surface area contributed by atoms with Crippen LogP contribution in [0.25, 0.3) is 0 Å². The van der Waals surface area contributed by atoms with Crippen molar-refractivity contribution in [2.24, 2.45) is 11.3 Å². The van der Waals surface area contributed by atoms with Gasteiger partial charge in [-0.2, -0.15) is 0 Å². The normalized spacial score (nSPS) is 26.9. The number of hydrogen-bond acceptors (Lipinski definition) is 2. The van der Waals surface area contributed by atoms with Crippen LogP contribution in [-0.4, -0.2) is 12.6 Å². The van der Waals surface area contributed by atoms with E-state index in [1.165, 1.54) is 5.57 Å². The van der Waals surface area contributed by atoms with Crippen molar-refractivity contribution in [3.8, 4) is 0 Å². The second-order valence-corrected chi connectivity index (χ2v) is 5.30. The number of rotatable bonds is 5. The fourth-order valence-electron chi connectivity index (χ4n) is 2.59. The second-order valence-electron chi connectivity index (χ2n) is 5.30. The van der Waals surface area contributed by atoms with Gasteiger partial charge in [0.1, 0.15) is 0 Å². The van der Waals surface area contributed by atoms with Crippen molar-refractivity contribution in [1.82, 2.24) is 0 Å². The number of ether oxygens (including phenoxy) is 1. The van der Waals surface area contributed by atoms with Crippen molar-refractivity contribution in [3.05, 3.63) is 23.8 Å². The van der Waals surface area contributed by atoms with E-state index < -0.39 is 0 Å². The van der Waals surface area contributed by atoms with Crippen molar-refractivity contribution in [1.29, 1.82) is 0 Å². The molecule has 0 aromatic carbocycles. The van der Waals surface area contributed by atoms with Crippen LogP contribution in [0.5, 0.6) is 0 Å². The first-order chi connectivity index (χ1) is 7.94. The lowest BCUT2D eigenvalue weighted by atomic mass is 9.56. The van der Waals surface area contributed by atoms with Gasteiger partial charge in [-0.3, -0.25) is 4.79 Å². The molecule has 0 radical (unpaired) electrons. The number of carbonyl (C=O) groups excluding carboxylic acids is 1. The average Bonchev–Trinajstić information content (AvgIpc) is 2.15. The fraction of sp³-hybridized carbons (Fsp3) is 0.667. The quantitative estimate of drug-likeness (QED) is 0.535. The maximum Gasteiger partial charge on any atom is 0.312 e. The van der Waals surface area contributed by atoms with Crippen LogP contribution in [0.15, 0.2) is 23.8 Å². The summed E-state index contributed by atoms with van der Waals surface area (Å²) < 4.78 is 5.25. The molecule has 17 heavy (non-hydrogen) atoms. The molecule has 0 saturated heterocycles. The topological polar surface area (TPSA) is 26.3 Å². The molecule has 0 unspecified atom stereocenters. The lowest BCUT2D eigenvalue weighted by Gasteiger charge is -2.47. The molecular formula is C15H24O2. The maximum atomic E-state index is 12.2. The van der Waals surface area contributed by atoms with Crippen LogP contribution in [0.2, 0.25) is 0 Å². The molecule has 1 rings (SSSR count). The number of hydrogen-bond donors (Lipinski definition) is 0. The summed E-state index contributed by atoms with van der Waals surface area (Å²) >= 11 is 0. The molecule has 0 bridgehead atoms. The zero-order valence-corrected chi connectivity index (χ0v) is 11.5. The first-order valence-electron chi connectivity index (χ1n) is 6.40. The minimum absolute atomic E-state index is 0.0447. The Hall–Kier alpha value is -1.05. The van der Waals surface area contributed by atoms with Gasteiger partial charge < -0.3 is 4.74 Å². The lowest BCUT2D eigenvalue weighted by Crippen LogP contribution is -2.48. The van der Waals surface area contributed by atoms with Crippen molar-refractivity contribution in [2.45, 2.75) is 47.0 Å². The van der Waals surface area contributed by atoms with E-state index in [0.717, 1.165) is 24.8 Å². The Morgan fingerprint density at radius 3 is 2.47 bits per heavy atom. The summed E-state index contributed by atoms with van der Waals surface area (Å²) in [6.07, 6.45) is 4.91. The molecule has 2 atom stereocenters. The van der Waals surface area contributed by atoms with Gasteiger partial charge in [0.05, 0.1) is 12.0 Å². The highest BCUT2D eigenvalue weighted by molar-refractivity contribution is 5.79. The molecule has 2 heteroatoms. The Morgan fingerprint density at radius 2 is 2.12 bits per heavy atom.